The second-order valence-corrected chi connectivity index (χ2v) is 6.83. The molecule has 1 atom stereocenters. The lowest BCUT2D eigenvalue weighted by Gasteiger charge is -2.11. The maximum absolute atomic E-state index is 13.8. The highest BCUT2D eigenvalue weighted by molar-refractivity contribution is 9.10. The van der Waals surface area contributed by atoms with Gasteiger partial charge in [-0.15, -0.1) is 11.3 Å². The highest BCUT2D eigenvalue weighted by Crippen LogP contribution is 2.38. The summed E-state index contributed by atoms with van der Waals surface area (Å²) in [6.45, 7) is 2.06. The average Bonchev–Trinajstić information content (AvgIpc) is 2.75. The van der Waals surface area contributed by atoms with Crippen LogP contribution >= 0.6 is 43.2 Å². The van der Waals surface area contributed by atoms with Gasteiger partial charge >= 0.3 is 0 Å². The Morgan fingerprint density at radius 2 is 1.83 bits per heavy atom. The van der Waals surface area contributed by atoms with Crippen LogP contribution in [0.1, 0.15) is 27.1 Å². The molecule has 96 valence electrons. The topological polar surface area (TPSA) is 0 Å². The Morgan fingerprint density at radius 3 is 2.33 bits per heavy atom. The van der Waals surface area contributed by atoms with Crippen LogP contribution in [-0.2, 0) is 6.42 Å². The molecule has 0 aliphatic rings. The summed E-state index contributed by atoms with van der Waals surface area (Å²) in [5.41, 5.74) is 0.0581. The summed E-state index contributed by atoms with van der Waals surface area (Å²) < 4.78 is 28.1. The van der Waals surface area contributed by atoms with Gasteiger partial charge in [0.2, 0.25) is 0 Å². The molecule has 1 aromatic heterocycles. The maximum Gasteiger partial charge on any atom is 0.131 e. The van der Waals surface area contributed by atoms with Gasteiger partial charge in [0.05, 0.1) is 4.83 Å². The van der Waals surface area contributed by atoms with Gasteiger partial charge in [-0.25, -0.2) is 8.78 Å². The molecular formula is C13H10Br2F2S. The molecule has 2 aromatic rings. The molecule has 0 spiro atoms. The van der Waals surface area contributed by atoms with Crippen LogP contribution in [0.25, 0.3) is 0 Å². The van der Waals surface area contributed by atoms with E-state index in [4.69, 9.17) is 0 Å². The van der Waals surface area contributed by atoms with Crippen molar-refractivity contribution in [3.05, 3.63) is 55.7 Å². The van der Waals surface area contributed by atoms with Gasteiger partial charge in [-0.1, -0.05) is 38.8 Å². The van der Waals surface area contributed by atoms with Crippen LogP contribution < -0.4 is 0 Å². The van der Waals surface area contributed by atoms with Crippen LogP contribution in [0.15, 0.2) is 28.7 Å². The normalized spacial score (nSPS) is 12.7. The predicted octanol–water partition coefficient (Wildman–Crippen LogP) is 5.84. The lowest BCUT2D eigenvalue weighted by molar-refractivity contribution is 0.560. The van der Waals surface area contributed by atoms with Crippen LogP contribution in [-0.4, -0.2) is 0 Å². The first-order chi connectivity index (χ1) is 8.52. The van der Waals surface area contributed by atoms with Gasteiger partial charge in [0.25, 0.3) is 0 Å². The second-order valence-electron chi connectivity index (χ2n) is 3.80. The maximum atomic E-state index is 13.8. The van der Waals surface area contributed by atoms with E-state index in [1.165, 1.54) is 17.0 Å². The van der Waals surface area contributed by atoms with Crippen molar-refractivity contribution in [3.63, 3.8) is 0 Å². The molecule has 0 aliphatic heterocycles. The molecule has 0 bridgehead atoms. The van der Waals surface area contributed by atoms with Crippen molar-refractivity contribution in [1.82, 2.24) is 0 Å². The molecule has 1 heterocycles. The number of rotatable bonds is 3. The van der Waals surface area contributed by atoms with Crippen molar-refractivity contribution >= 4 is 43.2 Å². The number of hydrogen-bond donors (Lipinski definition) is 0. The first kappa shape index (κ1) is 14.2. The Balaban J connectivity index is 2.42. The van der Waals surface area contributed by atoms with Crippen molar-refractivity contribution in [2.45, 2.75) is 18.2 Å². The number of benzene rings is 1. The monoisotopic (exact) mass is 394 g/mol. The Labute approximate surface area is 125 Å². The second kappa shape index (κ2) is 5.80. The molecule has 5 heteroatoms. The van der Waals surface area contributed by atoms with Crippen LogP contribution in [0.5, 0.6) is 0 Å². The summed E-state index contributed by atoms with van der Waals surface area (Å²) in [6.07, 6.45) is 0.926. The minimum atomic E-state index is -0.546. The lowest BCUT2D eigenvalue weighted by Crippen LogP contribution is -1.99. The van der Waals surface area contributed by atoms with E-state index in [0.29, 0.717) is 4.47 Å². The minimum absolute atomic E-state index is 0.0581. The number of aryl methyl sites for hydroxylation is 1. The third kappa shape index (κ3) is 2.83. The predicted molar refractivity (Wildman–Crippen MR) is 78.5 cm³/mol. The van der Waals surface area contributed by atoms with Crippen LogP contribution in [0.3, 0.4) is 0 Å². The molecule has 1 aromatic carbocycles. The van der Waals surface area contributed by atoms with Crippen LogP contribution in [0.2, 0.25) is 0 Å². The van der Waals surface area contributed by atoms with E-state index in [1.807, 2.05) is 12.1 Å². The highest BCUT2D eigenvalue weighted by Gasteiger charge is 2.21. The molecule has 0 saturated heterocycles. The minimum Gasteiger partial charge on any atom is -0.206 e. The fourth-order valence-corrected chi connectivity index (χ4v) is 3.87. The van der Waals surface area contributed by atoms with E-state index in [-0.39, 0.29) is 5.56 Å². The molecule has 0 nitrogen and oxygen atoms in total. The average molecular weight is 396 g/mol. The van der Waals surface area contributed by atoms with E-state index in [2.05, 4.69) is 38.8 Å². The summed E-state index contributed by atoms with van der Waals surface area (Å²) in [6, 6.07) is 6.45. The van der Waals surface area contributed by atoms with Crippen molar-refractivity contribution < 1.29 is 8.78 Å². The molecule has 0 fully saturated rings. The zero-order chi connectivity index (χ0) is 13.3. The highest BCUT2D eigenvalue weighted by atomic mass is 79.9. The largest absolute Gasteiger partial charge is 0.206 e. The number of alkyl halides is 1. The quantitative estimate of drug-likeness (QED) is 0.573. The van der Waals surface area contributed by atoms with E-state index >= 15 is 0 Å². The molecule has 0 N–H and O–H groups in total. The summed E-state index contributed by atoms with van der Waals surface area (Å²) in [5.74, 6) is -1.09. The smallest absolute Gasteiger partial charge is 0.131 e. The Morgan fingerprint density at radius 1 is 1.22 bits per heavy atom. The van der Waals surface area contributed by atoms with Gasteiger partial charge in [-0.05, 0) is 30.7 Å². The lowest BCUT2D eigenvalue weighted by atomic mass is 10.1. The molecule has 18 heavy (non-hydrogen) atoms. The Bertz CT molecular complexity index is 543. The number of hydrogen-bond acceptors (Lipinski definition) is 1. The van der Waals surface area contributed by atoms with E-state index in [0.717, 1.165) is 11.3 Å². The molecule has 1 unspecified atom stereocenters. The Hall–Kier alpha value is -0.260. The van der Waals surface area contributed by atoms with Gasteiger partial charge in [0.1, 0.15) is 11.6 Å². The zero-order valence-electron chi connectivity index (χ0n) is 9.51. The molecule has 2 rings (SSSR count). The van der Waals surface area contributed by atoms with Crippen molar-refractivity contribution in [3.8, 4) is 0 Å². The van der Waals surface area contributed by atoms with Crippen molar-refractivity contribution in [2.24, 2.45) is 0 Å². The third-order valence-electron chi connectivity index (χ3n) is 2.58. The van der Waals surface area contributed by atoms with Gasteiger partial charge < -0.3 is 0 Å². The molecule has 0 amide bonds. The SMILES string of the molecule is CCc1ccc(C(Br)c2c(F)cc(Br)cc2F)s1. The van der Waals surface area contributed by atoms with Crippen LogP contribution in [0, 0.1) is 11.6 Å². The standard InChI is InChI=1S/C13H10Br2F2S/c1-2-8-3-4-11(18-8)13(15)12-9(16)5-7(14)6-10(12)17/h3-6,13H,2H2,1H3. The third-order valence-corrected chi connectivity index (χ3v) is 5.58. The summed E-state index contributed by atoms with van der Waals surface area (Å²) in [7, 11) is 0. The van der Waals surface area contributed by atoms with Gasteiger partial charge in [0.15, 0.2) is 0 Å². The van der Waals surface area contributed by atoms with Crippen molar-refractivity contribution in [2.75, 3.05) is 0 Å². The number of halogens is 4. The summed E-state index contributed by atoms with van der Waals surface area (Å²) in [4.78, 5) is 1.66. The first-order valence-electron chi connectivity index (χ1n) is 5.40. The van der Waals surface area contributed by atoms with Crippen molar-refractivity contribution in [1.29, 1.82) is 0 Å². The van der Waals surface area contributed by atoms with Crippen LogP contribution in [0.4, 0.5) is 8.78 Å². The summed E-state index contributed by atoms with van der Waals surface area (Å²) in [5, 5.41) is 0. The van der Waals surface area contributed by atoms with Gasteiger partial charge in [-0.3, -0.25) is 0 Å². The summed E-state index contributed by atoms with van der Waals surface area (Å²) >= 11 is 8.02. The molecular weight excluding hydrogens is 386 g/mol. The molecule has 0 saturated carbocycles. The molecule has 0 aliphatic carbocycles. The fourth-order valence-electron chi connectivity index (χ4n) is 1.66. The van der Waals surface area contributed by atoms with E-state index in [9.17, 15) is 8.78 Å². The van der Waals surface area contributed by atoms with Gasteiger partial charge in [0, 0.05) is 19.8 Å². The molecule has 0 radical (unpaired) electrons. The van der Waals surface area contributed by atoms with E-state index in [1.54, 1.807) is 11.3 Å². The zero-order valence-corrected chi connectivity index (χ0v) is 13.5. The van der Waals surface area contributed by atoms with E-state index < -0.39 is 16.5 Å². The van der Waals surface area contributed by atoms with Gasteiger partial charge in [-0.2, -0.15) is 0 Å². The number of thiophene rings is 1. The fraction of sp³-hybridized carbons (Fsp3) is 0.231. The Kier molecular flexibility index (Phi) is 4.56. The first-order valence-corrected chi connectivity index (χ1v) is 7.92.